The van der Waals surface area contributed by atoms with E-state index in [0.717, 1.165) is 16.8 Å². The molecule has 3 amide bonds. The molecule has 0 heterocycles. The number of carbonyl (C=O) groups is 3. The van der Waals surface area contributed by atoms with Gasteiger partial charge in [-0.15, -0.1) is 0 Å². The smallest absolute Gasteiger partial charge is 0.315 e. The quantitative estimate of drug-likeness (QED) is 0.318. The van der Waals surface area contributed by atoms with E-state index in [2.05, 4.69) is 5.32 Å². The van der Waals surface area contributed by atoms with Crippen LogP contribution in [0, 0.1) is 6.92 Å². The average molecular weight is 492 g/mol. The lowest BCUT2D eigenvalue weighted by molar-refractivity contribution is -0.117. The monoisotopic (exact) mass is 491 g/mol. The van der Waals surface area contributed by atoms with Crippen molar-refractivity contribution in [1.82, 2.24) is 0 Å². The molecular weight excluding hydrogens is 462 g/mol. The number of carbonyl (C=O) groups excluding carboxylic acids is 3. The van der Waals surface area contributed by atoms with E-state index in [1.54, 1.807) is 72.4 Å². The molecule has 0 saturated carbocycles. The predicted octanol–water partition coefficient (Wildman–Crippen LogP) is 6.10. The number of ketones is 1. The zero-order valence-corrected chi connectivity index (χ0v) is 21.1. The third-order valence-corrected chi connectivity index (χ3v) is 6.27. The van der Waals surface area contributed by atoms with Crippen LogP contribution in [-0.2, 0) is 11.2 Å². The number of benzene rings is 4. The van der Waals surface area contributed by atoms with Crippen molar-refractivity contribution < 1.29 is 14.4 Å². The van der Waals surface area contributed by atoms with Crippen LogP contribution >= 0.6 is 0 Å². The van der Waals surface area contributed by atoms with Crippen molar-refractivity contribution in [2.24, 2.45) is 0 Å². The fourth-order valence-corrected chi connectivity index (χ4v) is 3.99. The van der Waals surface area contributed by atoms with E-state index in [1.807, 2.05) is 61.5 Å². The molecule has 4 aromatic carbocycles. The lowest BCUT2D eigenvalue weighted by atomic mass is 10.0. The molecule has 0 radical (unpaired) electrons. The molecule has 0 unspecified atom stereocenters. The van der Waals surface area contributed by atoms with Gasteiger partial charge in [-0.05, 0) is 60.5 Å². The van der Waals surface area contributed by atoms with E-state index < -0.39 is 0 Å². The van der Waals surface area contributed by atoms with E-state index in [4.69, 9.17) is 0 Å². The van der Waals surface area contributed by atoms with E-state index in [9.17, 15) is 14.4 Å². The van der Waals surface area contributed by atoms with Gasteiger partial charge >= 0.3 is 6.03 Å². The van der Waals surface area contributed by atoms with Crippen LogP contribution in [-0.4, -0.2) is 31.8 Å². The maximum atomic E-state index is 12.9. The van der Waals surface area contributed by atoms with Gasteiger partial charge in [0.25, 0.3) is 0 Å². The molecule has 0 aliphatic carbocycles. The van der Waals surface area contributed by atoms with Crippen molar-refractivity contribution in [3.63, 3.8) is 0 Å². The largest absolute Gasteiger partial charge is 0.326 e. The number of para-hydroxylation sites is 1. The van der Waals surface area contributed by atoms with Crippen LogP contribution in [0.3, 0.4) is 0 Å². The fraction of sp³-hybridized carbons (Fsp3) is 0.129. The van der Waals surface area contributed by atoms with Crippen LogP contribution in [0.5, 0.6) is 0 Å². The second kappa shape index (κ2) is 11.4. The van der Waals surface area contributed by atoms with Crippen LogP contribution in [0.1, 0.15) is 27.0 Å². The van der Waals surface area contributed by atoms with E-state index in [-0.39, 0.29) is 24.1 Å². The molecular formula is C31H29N3O3. The number of anilines is 3. The molecule has 0 spiro atoms. The molecule has 37 heavy (non-hydrogen) atoms. The number of urea groups is 1. The number of hydrogen-bond donors (Lipinski definition) is 1. The molecule has 1 N–H and O–H groups in total. The van der Waals surface area contributed by atoms with Gasteiger partial charge in [-0.3, -0.25) is 14.5 Å². The van der Waals surface area contributed by atoms with Gasteiger partial charge in [-0.2, -0.15) is 0 Å². The van der Waals surface area contributed by atoms with Crippen molar-refractivity contribution in [3.05, 3.63) is 125 Å². The molecule has 0 fully saturated rings. The highest BCUT2D eigenvalue weighted by Gasteiger charge is 2.15. The maximum absolute atomic E-state index is 12.9. The van der Waals surface area contributed by atoms with E-state index in [0.29, 0.717) is 22.5 Å². The Kier molecular flexibility index (Phi) is 7.79. The molecule has 0 atom stereocenters. The van der Waals surface area contributed by atoms with Crippen LogP contribution in [0.4, 0.5) is 21.9 Å². The first kappa shape index (κ1) is 25.4. The number of hydrogen-bond acceptors (Lipinski definition) is 3. The molecule has 0 bridgehead atoms. The summed E-state index contributed by atoms with van der Waals surface area (Å²) in [5.74, 6) is -0.142. The molecule has 186 valence electrons. The summed E-state index contributed by atoms with van der Waals surface area (Å²) in [4.78, 5) is 41.3. The molecule has 4 aromatic rings. The van der Waals surface area contributed by atoms with Crippen molar-refractivity contribution in [3.8, 4) is 0 Å². The Morgan fingerprint density at radius 3 is 1.92 bits per heavy atom. The molecule has 6 nitrogen and oxygen atoms in total. The minimum absolute atomic E-state index is 0.0570. The second-order valence-electron chi connectivity index (χ2n) is 8.84. The number of aryl methyl sites for hydroxylation is 1. The van der Waals surface area contributed by atoms with Gasteiger partial charge in [0.1, 0.15) is 0 Å². The van der Waals surface area contributed by atoms with Crippen molar-refractivity contribution in [1.29, 1.82) is 0 Å². The summed E-state index contributed by atoms with van der Waals surface area (Å²) in [5, 5.41) is 2.89. The molecule has 0 aliphatic heterocycles. The Hall–Kier alpha value is -4.71. The SMILES string of the molecule is Cc1ccccc1N(C)C(=O)Nc1ccc(CC(=O)N(C)c2ccc(C(=O)c3ccccc3)cc2)cc1. The normalized spacial score (nSPS) is 10.5. The summed E-state index contributed by atoms with van der Waals surface area (Å²) in [5.41, 5.74) is 5.23. The van der Waals surface area contributed by atoms with Gasteiger partial charge in [0.15, 0.2) is 5.78 Å². The fourth-order valence-electron chi connectivity index (χ4n) is 3.99. The van der Waals surface area contributed by atoms with Crippen LogP contribution in [0.25, 0.3) is 0 Å². The standard InChI is InChI=1S/C31H29N3O3/c1-22-9-7-8-12-28(22)34(3)31(37)32-26-17-13-23(14-18-26)21-29(35)33(2)27-19-15-25(16-20-27)30(36)24-10-5-4-6-11-24/h4-20H,21H2,1-3H3,(H,32,37). The number of likely N-dealkylation sites (N-methyl/N-ethyl adjacent to an activating group) is 1. The molecule has 6 heteroatoms. The van der Waals surface area contributed by atoms with Gasteiger partial charge < -0.3 is 10.2 Å². The first-order chi connectivity index (χ1) is 17.8. The summed E-state index contributed by atoms with van der Waals surface area (Å²) in [7, 11) is 3.44. The Bertz CT molecular complexity index is 1400. The number of nitrogens with zero attached hydrogens (tertiary/aromatic N) is 2. The Morgan fingerprint density at radius 1 is 0.676 bits per heavy atom. The summed E-state index contributed by atoms with van der Waals surface area (Å²) in [6.07, 6.45) is 0.207. The lowest BCUT2D eigenvalue weighted by Crippen LogP contribution is -2.31. The topological polar surface area (TPSA) is 69.7 Å². The van der Waals surface area contributed by atoms with Crippen LogP contribution in [0.2, 0.25) is 0 Å². The number of nitrogens with one attached hydrogen (secondary N) is 1. The highest BCUT2D eigenvalue weighted by atomic mass is 16.2. The van der Waals surface area contributed by atoms with Gasteiger partial charge in [-0.1, -0.05) is 60.7 Å². The highest BCUT2D eigenvalue weighted by Crippen LogP contribution is 2.21. The van der Waals surface area contributed by atoms with Crippen molar-refractivity contribution >= 4 is 34.8 Å². The Labute approximate surface area is 217 Å². The summed E-state index contributed by atoms with van der Waals surface area (Å²) < 4.78 is 0. The summed E-state index contributed by atoms with van der Waals surface area (Å²) in [6, 6.07) is 30.8. The first-order valence-electron chi connectivity index (χ1n) is 12.0. The number of amides is 3. The van der Waals surface area contributed by atoms with Crippen LogP contribution < -0.4 is 15.1 Å². The second-order valence-corrected chi connectivity index (χ2v) is 8.84. The predicted molar refractivity (Wildman–Crippen MR) is 148 cm³/mol. The van der Waals surface area contributed by atoms with Crippen molar-refractivity contribution in [2.75, 3.05) is 29.2 Å². The molecule has 0 aliphatic rings. The van der Waals surface area contributed by atoms with Gasteiger partial charge in [0.05, 0.1) is 6.42 Å². The summed E-state index contributed by atoms with van der Waals surface area (Å²) >= 11 is 0. The molecule has 0 saturated heterocycles. The molecule has 4 rings (SSSR count). The Morgan fingerprint density at radius 2 is 1.27 bits per heavy atom. The third-order valence-electron chi connectivity index (χ3n) is 6.27. The maximum Gasteiger partial charge on any atom is 0.326 e. The van der Waals surface area contributed by atoms with Gasteiger partial charge in [-0.25, -0.2) is 4.79 Å². The first-order valence-corrected chi connectivity index (χ1v) is 12.0. The average Bonchev–Trinajstić information content (AvgIpc) is 2.93. The van der Waals surface area contributed by atoms with Crippen LogP contribution in [0.15, 0.2) is 103 Å². The van der Waals surface area contributed by atoms with E-state index >= 15 is 0 Å². The highest BCUT2D eigenvalue weighted by molar-refractivity contribution is 6.09. The minimum Gasteiger partial charge on any atom is -0.315 e. The Balaban J connectivity index is 1.34. The zero-order valence-electron chi connectivity index (χ0n) is 21.1. The minimum atomic E-state index is -0.243. The third kappa shape index (κ3) is 6.11. The zero-order chi connectivity index (χ0) is 26.4. The molecule has 0 aromatic heterocycles. The lowest BCUT2D eigenvalue weighted by Gasteiger charge is -2.20. The number of rotatable bonds is 7. The van der Waals surface area contributed by atoms with Gasteiger partial charge in [0.2, 0.25) is 5.91 Å². The van der Waals surface area contributed by atoms with Gasteiger partial charge in [0, 0.05) is 42.3 Å². The summed E-state index contributed by atoms with van der Waals surface area (Å²) in [6.45, 7) is 1.96. The van der Waals surface area contributed by atoms with E-state index in [1.165, 1.54) is 0 Å². The van der Waals surface area contributed by atoms with Crippen molar-refractivity contribution in [2.45, 2.75) is 13.3 Å².